The zero-order valence-corrected chi connectivity index (χ0v) is 23.8. The predicted octanol–water partition coefficient (Wildman–Crippen LogP) is 9.88. The number of benzene rings is 6. The van der Waals surface area contributed by atoms with E-state index in [9.17, 15) is 0 Å². The molecule has 0 radical (unpaired) electrons. The van der Waals surface area contributed by atoms with Crippen LogP contribution in [0.15, 0.2) is 182 Å². The fraction of sp³-hybridized carbons (Fsp3) is 0.0244. The molecule has 0 amide bonds. The maximum absolute atomic E-state index is 2.51. The van der Waals surface area contributed by atoms with Crippen molar-refractivity contribution in [1.82, 2.24) is 0 Å². The Hall–Kier alpha value is -5.44. The van der Waals surface area contributed by atoms with E-state index in [-0.39, 0.29) is 11.5 Å². The molecule has 2 nitrogen and oxygen atoms in total. The third-order valence-electron chi connectivity index (χ3n) is 7.90. The van der Waals surface area contributed by atoms with Crippen molar-refractivity contribution < 1.29 is 5.48 Å². The number of anilines is 1. The molecule has 1 aliphatic heterocycles. The molecule has 0 bridgehead atoms. The van der Waals surface area contributed by atoms with Gasteiger partial charge in [-0.2, -0.15) is 0 Å². The molecule has 6 aromatic carbocycles. The number of hydrogen-bond donors (Lipinski definition) is 0. The molecule has 1 unspecified atom stereocenters. The Morgan fingerprint density at radius 3 is 1.30 bits per heavy atom. The Labute approximate surface area is 253 Å². The number of nitrogens with zero attached hydrogens (tertiary/aromatic N) is 1. The maximum Gasteiger partial charge on any atom is 0.0784 e. The summed E-state index contributed by atoms with van der Waals surface area (Å²) in [6.45, 7) is 0. The minimum atomic E-state index is -0.00346. The average Bonchev–Trinajstić information content (AvgIpc) is 3.09. The van der Waals surface area contributed by atoms with E-state index >= 15 is 0 Å². The SMILES string of the molecule is C1=C(c2ccccc2)C=C(c2ccccc2)N(c2cc(-c3ccccc3)cc(-c3ccccc3)c2)C1c1ccccc1.O. The smallest absolute Gasteiger partial charge is 0.0784 e. The lowest BCUT2D eigenvalue weighted by molar-refractivity contribution is 0.824. The Morgan fingerprint density at radius 2 is 0.814 bits per heavy atom. The van der Waals surface area contributed by atoms with Crippen LogP contribution in [0.2, 0.25) is 0 Å². The molecule has 0 saturated carbocycles. The summed E-state index contributed by atoms with van der Waals surface area (Å²) in [6, 6.07) is 60.7. The van der Waals surface area contributed by atoms with Gasteiger partial charge in [0.15, 0.2) is 0 Å². The average molecular weight is 556 g/mol. The Bertz CT molecular complexity index is 1790. The molecule has 0 saturated heterocycles. The standard InChI is InChI=1S/C41H31N.H2O/c1-6-16-31(17-7-1)36-26-37(32-18-8-2-9-19-32)28-39(27-36)42-40(34-22-12-4-13-23-34)29-38(33-20-10-3-11-21-33)30-41(42)35-24-14-5-15-25-35;/h1-30,40H;1H2. The Morgan fingerprint density at radius 1 is 0.395 bits per heavy atom. The van der Waals surface area contributed by atoms with Gasteiger partial charge in [-0.1, -0.05) is 152 Å². The quantitative estimate of drug-likeness (QED) is 0.201. The molecular formula is C41H33NO. The van der Waals surface area contributed by atoms with Crippen LogP contribution in [0.1, 0.15) is 22.7 Å². The van der Waals surface area contributed by atoms with Crippen molar-refractivity contribution in [2.75, 3.05) is 4.90 Å². The van der Waals surface area contributed by atoms with Crippen molar-refractivity contribution >= 4 is 17.0 Å². The second-order valence-electron chi connectivity index (χ2n) is 10.6. The highest BCUT2D eigenvalue weighted by Crippen LogP contribution is 2.44. The molecule has 208 valence electrons. The van der Waals surface area contributed by atoms with Crippen molar-refractivity contribution in [1.29, 1.82) is 0 Å². The first-order valence-electron chi connectivity index (χ1n) is 14.5. The summed E-state index contributed by atoms with van der Waals surface area (Å²) in [5.41, 5.74) is 12.0. The van der Waals surface area contributed by atoms with Crippen LogP contribution in [-0.2, 0) is 0 Å². The molecule has 43 heavy (non-hydrogen) atoms. The van der Waals surface area contributed by atoms with Gasteiger partial charge < -0.3 is 10.4 Å². The third kappa shape index (κ3) is 5.83. The van der Waals surface area contributed by atoms with Crippen LogP contribution in [0.3, 0.4) is 0 Å². The van der Waals surface area contributed by atoms with Crippen molar-refractivity contribution in [3.05, 3.63) is 199 Å². The van der Waals surface area contributed by atoms with E-state index < -0.39 is 0 Å². The first-order valence-corrected chi connectivity index (χ1v) is 14.5. The molecule has 6 aromatic rings. The van der Waals surface area contributed by atoms with Gasteiger partial charge in [0.1, 0.15) is 0 Å². The second-order valence-corrected chi connectivity index (χ2v) is 10.6. The molecule has 0 aliphatic carbocycles. The van der Waals surface area contributed by atoms with Crippen LogP contribution in [0.4, 0.5) is 5.69 Å². The Balaban J connectivity index is 0.00000329. The van der Waals surface area contributed by atoms with E-state index in [4.69, 9.17) is 0 Å². The van der Waals surface area contributed by atoms with Gasteiger partial charge in [0.2, 0.25) is 0 Å². The van der Waals surface area contributed by atoms with Gasteiger partial charge in [-0.15, -0.1) is 0 Å². The highest BCUT2D eigenvalue weighted by molar-refractivity contribution is 5.95. The van der Waals surface area contributed by atoms with Gasteiger partial charge in [0.05, 0.1) is 6.04 Å². The normalized spacial score (nSPS) is 14.3. The summed E-state index contributed by atoms with van der Waals surface area (Å²) in [4.78, 5) is 2.51. The first kappa shape index (κ1) is 27.7. The molecule has 7 rings (SSSR count). The van der Waals surface area contributed by atoms with Gasteiger partial charge in [-0.05, 0) is 74.9 Å². The zero-order chi connectivity index (χ0) is 28.1. The highest BCUT2D eigenvalue weighted by atomic mass is 16.0. The fourth-order valence-corrected chi connectivity index (χ4v) is 5.84. The van der Waals surface area contributed by atoms with E-state index in [0.29, 0.717) is 0 Å². The van der Waals surface area contributed by atoms with Gasteiger partial charge in [-0.3, -0.25) is 0 Å². The van der Waals surface area contributed by atoms with Crippen LogP contribution in [0.5, 0.6) is 0 Å². The summed E-state index contributed by atoms with van der Waals surface area (Å²) in [5, 5.41) is 0. The lowest BCUT2D eigenvalue weighted by Gasteiger charge is -2.38. The molecule has 1 aliphatic rings. The number of hydrogen-bond acceptors (Lipinski definition) is 1. The van der Waals surface area contributed by atoms with Crippen LogP contribution >= 0.6 is 0 Å². The number of rotatable bonds is 6. The van der Waals surface area contributed by atoms with E-state index in [1.54, 1.807) is 0 Å². The van der Waals surface area contributed by atoms with Crippen LogP contribution in [0, 0.1) is 0 Å². The second kappa shape index (κ2) is 12.6. The maximum atomic E-state index is 2.51. The van der Waals surface area contributed by atoms with Crippen LogP contribution in [0.25, 0.3) is 33.5 Å². The van der Waals surface area contributed by atoms with Gasteiger partial charge in [0, 0.05) is 11.4 Å². The summed E-state index contributed by atoms with van der Waals surface area (Å²) in [5.74, 6) is 0. The summed E-state index contributed by atoms with van der Waals surface area (Å²) >= 11 is 0. The summed E-state index contributed by atoms with van der Waals surface area (Å²) in [6.07, 6.45) is 4.76. The molecule has 0 aromatic heterocycles. The summed E-state index contributed by atoms with van der Waals surface area (Å²) < 4.78 is 0. The molecule has 0 fully saturated rings. The highest BCUT2D eigenvalue weighted by Gasteiger charge is 2.29. The molecule has 2 heteroatoms. The molecular weight excluding hydrogens is 522 g/mol. The van der Waals surface area contributed by atoms with Crippen molar-refractivity contribution in [3.63, 3.8) is 0 Å². The van der Waals surface area contributed by atoms with Gasteiger partial charge in [-0.25, -0.2) is 0 Å². The Kier molecular flexibility index (Phi) is 8.13. The molecule has 0 spiro atoms. The lowest BCUT2D eigenvalue weighted by Crippen LogP contribution is -2.29. The van der Waals surface area contributed by atoms with Crippen LogP contribution in [-0.4, -0.2) is 5.48 Å². The minimum absolute atomic E-state index is 0. The van der Waals surface area contributed by atoms with E-state index in [1.165, 1.54) is 50.2 Å². The molecule has 2 N–H and O–H groups in total. The fourth-order valence-electron chi connectivity index (χ4n) is 5.84. The van der Waals surface area contributed by atoms with Gasteiger partial charge >= 0.3 is 0 Å². The monoisotopic (exact) mass is 555 g/mol. The lowest BCUT2D eigenvalue weighted by atomic mass is 9.90. The van der Waals surface area contributed by atoms with E-state index in [2.05, 4.69) is 187 Å². The summed E-state index contributed by atoms with van der Waals surface area (Å²) in [7, 11) is 0. The van der Waals surface area contributed by atoms with Crippen molar-refractivity contribution in [3.8, 4) is 22.3 Å². The largest absolute Gasteiger partial charge is 0.412 e. The predicted molar refractivity (Wildman–Crippen MR) is 181 cm³/mol. The van der Waals surface area contributed by atoms with E-state index in [1.807, 2.05) is 0 Å². The number of allylic oxidation sites excluding steroid dienone is 2. The first-order chi connectivity index (χ1) is 20.8. The van der Waals surface area contributed by atoms with Crippen molar-refractivity contribution in [2.45, 2.75) is 6.04 Å². The zero-order valence-electron chi connectivity index (χ0n) is 23.8. The van der Waals surface area contributed by atoms with Crippen molar-refractivity contribution in [2.24, 2.45) is 0 Å². The molecule has 1 atom stereocenters. The van der Waals surface area contributed by atoms with Crippen LogP contribution < -0.4 is 4.90 Å². The van der Waals surface area contributed by atoms with E-state index in [0.717, 1.165) is 5.69 Å². The minimum Gasteiger partial charge on any atom is -0.412 e. The third-order valence-corrected chi connectivity index (χ3v) is 7.90. The van der Waals surface area contributed by atoms with Gasteiger partial charge in [0.25, 0.3) is 0 Å². The molecule has 1 heterocycles. The topological polar surface area (TPSA) is 34.7 Å².